The summed E-state index contributed by atoms with van der Waals surface area (Å²) in [5, 5.41) is 21.8. The third-order valence-electron chi connectivity index (χ3n) is 6.00. The summed E-state index contributed by atoms with van der Waals surface area (Å²) >= 11 is 6.27. The van der Waals surface area contributed by atoms with Gasteiger partial charge in [-0.2, -0.15) is 0 Å². The smallest absolute Gasteiger partial charge is 0.253 e. The molecule has 0 saturated carbocycles. The van der Waals surface area contributed by atoms with E-state index in [1.165, 1.54) is 0 Å². The van der Waals surface area contributed by atoms with Gasteiger partial charge in [0.1, 0.15) is 0 Å². The van der Waals surface area contributed by atoms with Crippen LogP contribution < -0.4 is 0 Å². The fourth-order valence-corrected chi connectivity index (χ4v) is 4.34. The van der Waals surface area contributed by atoms with Gasteiger partial charge in [-0.25, -0.2) is 0 Å². The highest BCUT2D eigenvalue weighted by molar-refractivity contribution is 6.31. The topological polar surface area (TPSA) is 60.8 Å². The molecule has 1 aliphatic heterocycles. The van der Waals surface area contributed by atoms with E-state index in [1.807, 2.05) is 43.3 Å². The third kappa shape index (κ3) is 3.76. The number of benzene rings is 3. The van der Waals surface area contributed by atoms with Crippen LogP contribution in [-0.2, 0) is 0 Å². The summed E-state index contributed by atoms with van der Waals surface area (Å²) in [4.78, 5) is 14.7. The van der Waals surface area contributed by atoms with Crippen molar-refractivity contribution in [2.75, 3.05) is 26.3 Å². The maximum atomic E-state index is 12.9. The van der Waals surface area contributed by atoms with Crippen LogP contribution in [0.4, 0.5) is 0 Å². The van der Waals surface area contributed by atoms with Crippen molar-refractivity contribution in [3.05, 3.63) is 70.7 Å². The lowest BCUT2D eigenvalue weighted by Crippen LogP contribution is -2.29. The molecule has 1 heterocycles. The fourth-order valence-electron chi connectivity index (χ4n) is 4.17. The minimum absolute atomic E-state index is 0.0155. The SMILES string of the molecule is Cc1c(Cl)cccc1-c1ccc2cc(C(=O)N3C[C@@H](CO)[C@H](CO)C3)ccc2c1. The van der Waals surface area contributed by atoms with Gasteiger partial charge in [-0.3, -0.25) is 4.79 Å². The van der Waals surface area contributed by atoms with Crippen molar-refractivity contribution in [1.29, 1.82) is 0 Å². The van der Waals surface area contributed by atoms with Crippen molar-refractivity contribution >= 4 is 28.3 Å². The summed E-state index contributed by atoms with van der Waals surface area (Å²) in [6, 6.07) is 17.8. The van der Waals surface area contributed by atoms with E-state index < -0.39 is 0 Å². The normalized spacial score (nSPS) is 19.1. The van der Waals surface area contributed by atoms with E-state index in [0.29, 0.717) is 18.7 Å². The van der Waals surface area contributed by atoms with E-state index in [9.17, 15) is 15.0 Å². The highest BCUT2D eigenvalue weighted by Gasteiger charge is 2.34. The first-order valence-corrected chi connectivity index (χ1v) is 10.2. The lowest BCUT2D eigenvalue weighted by Gasteiger charge is -2.17. The second-order valence-corrected chi connectivity index (χ2v) is 8.19. The van der Waals surface area contributed by atoms with Crippen LogP contribution in [0.5, 0.6) is 0 Å². The van der Waals surface area contributed by atoms with Crippen LogP contribution in [0.15, 0.2) is 54.6 Å². The number of hydrogen-bond donors (Lipinski definition) is 2. The van der Waals surface area contributed by atoms with Gasteiger partial charge in [0.25, 0.3) is 5.91 Å². The van der Waals surface area contributed by atoms with E-state index >= 15 is 0 Å². The number of fused-ring (bicyclic) bond motifs is 1. The van der Waals surface area contributed by atoms with E-state index in [-0.39, 0.29) is 31.0 Å². The Morgan fingerprint density at radius 2 is 1.66 bits per heavy atom. The van der Waals surface area contributed by atoms with Crippen molar-refractivity contribution in [3.63, 3.8) is 0 Å². The number of hydrogen-bond acceptors (Lipinski definition) is 3. The van der Waals surface area contributed by atoms with E-state index in [0.717, 1.165) is 32.5 Å². The van der Waals surface area contributed by atoms with Crippen molar-refractivity contribution in [1.82, 2.24) is 4.90 Å². The molecule has 2 N–H and O–H groups in total. The van der Waals surface area contributed by atoms with Crippen LogP contribution in [0.1, 0.15) is 15.9 Å². The predicted molar refractivity (Wildman–Crippen MR) is 116 cm³/mol. The minimum Gasteiger partial charge on any atom is -0.396 e. The first kappa shape index (κ1) is 19.9. The molecular formula is C24H24ClNO3. The number of rotatable bonds is 4. The van der Waals surface area contributed by atoms with E-state index in [4.69, 9.17) is 11.6 Å². The van der Waals surface area contributed by atoms with Gasteiger partial charge in [0.05, 0.1) is 0 Å². The second kappa shape index (κ2) is 8.15. The lowest BCUT2D eigenvalue weighted by atomic mass is 9.97. The monoisotopic (exact) mass is 409 g/mol. The molecule has 1 amide bonds. The Hall–Kier alpha value is -2.40. The van der Waals surface area contributed by atoms with Crippen LogP contribution >= 0.6 is 11.6 Å². The highest BCUT2D eigenvalue weighted by atomic mass is 35.5. The van der Waals surface area contributed by atoms with E-state index in [2.05, 4.69) is 18.2 Å². The van der Waals surface area contributed by atoms with Crippen LogP contribution in [-0.4, -0.2) is 47.3 Å². The van der Waals surface area contributed by atoms with Gasteiger partial charge in [0, 0.05) is 48.7 Å². The molecule has 150 valence electrons. The number of carbonyl (C=O) groups is 1. The van der Waals surface area contributed by atoms with Crippen molar-refractivity contribution in [3.8, 4) is 11.1 Å². The number of amides is 1. The molecule has 3 aromatic carbocycles. The molecular weight excluding hydrogens is 386 g/mol. The quantitative estimate of drug-likeness (QED) is 0.680. The number of likely N-dealkylation sites (tertiary alicyclic amines) is 1. The Balaban J connectivity index is 1.62. The Morgan fingerprint density at radius 1 is 1.00 bits per heavy atom. The Morgan fingerprint density at radius 3 is 2.34 bits per heavy atom. The molecule has 2 atom stereocenters. The highest BCUT2D eigenvalue weighted by Crippen LogP contribution is 2.31. The number of halogens is 1. The first-order chi connectivity index (χ1) is 14.0. The Kier molecular flexibility index (Phi) is 5.59. The standard InChI is InChI=1S/C24H24ClNO3/c1-15-22(3-2-4-23(15)25)18-7-5-17-10-19(8-6-16(17)9-18)24(29)26-11-20(13-27)21(12-26)14-28/h2-10,20-21,27-28H,11-14H2,1H3/t20-,21-/m0/s1. The maximum absolute atomic E-state index is 12.9. The zero-order valence-electron chi connectivity index (χ0n) is 16.3. The fraction of sp³-hybridized carbons (Fsp3) is 0.292. The van der Waals surface area contributed by atoms with Gasteiger partial charge in [-0.05, 0) is 58.7 Å². The summed E-state index contributed by atoms with van der Waals surface area (Å²) < 4.78 is 0. The zero-order chi connectivity index (χ0) is 20.5. The second-order valence-electron chi connectivity index (χ2n) is 7.78. The molecule has 1 fully saturated rings. The van der Waals surface area contributed by atoms with Crippen molar-refractivity contribution in [2.24, 2.45) is 11.8 Å². The molecule has 0 bridgehead atoms. The molecule has 4 nitrogen and oxygen atoms in total. The van der Waals surface area contributed by atoms with Gasteiger partial charge in [-0.1, -0.05) is 41.9 Å². The Labute approximate surface area is 175 Å². The van der Waals surface area contributed by atoms with Gasteiger partial charge >= 0.3 is 0 Å². The van der Waals surface area contributed by atoms with Gasteiger partial charge in [0.2, 0.25) is 0 Å². The van der Waals surface area contributed by atoms with Crippen molar-refractivity contribution < 1.29 is 15.0 Å². The zero-order valence-corrected chi connectivity index (χ0v) is 17.1. The Bertz CT molecular complexity index is 1050. The van der Waals surface area contributed by atoms with Gasteiger partial charge in [-0.15, -0.1) is 0 Å². The number of aliphatic hydroxyl groups excluding tert-OH is 2. The largest absolute Gasteiger partial charge is 0.396 e. The summed E-state index contributed by atoms with van der Waals surface area (Å²) in [6.45, 7) is 2.94. The van der Waals surface area contributed by atoms with Crippen molar-refractivity contribution in [2.45, 2.75) is 6.92 Å². The average molecular weight is 410 g/mol. The lowest BCUT2D eigenvalue weighted by molar-refractivity contribution is 0.0778. The molecule has 5 heteroatoms. The minimum atomic E-state index is -0.0621. The molecule has 4 rings (SSSR count). The molecule has 0 radical (unpaired) electrons. The van der Waals surface area contributed by atoms with Gasteiger partial charge in [0.15, 0.2) is 0 Å². The van der Waals surface area contributed by atoms with Crippen LogP contribution in [0.3, 0.4) is 0 Å². The molecule has 0 spiro atoms. The molecule has 0 aromatic heterocycles. The van der Waals surface area contributed by atoms with Crippen LogP contribution in [0, 0.1) is 18.8 Å². The maximum Gasteiger partial charge on any atom is 0.253 e. The average Bonchev–Trinajstić information content (AvgIpc) is 3.18. The molecule has 0 aliphatic carbocycles. The van der Waals surface area contributed by atoms with Gasteiger partial charge < -0.3 is 15.1 Å². The molecule has 1 saturated heterocycles. The molecule has 3 aromatic rings. The molecule has 1 aliphatic rings. The third-order valence-corrected chi connectivity index (χ3v) is 6.41. The number of nitrogens with zero attached hydrogens (tertiary/aromatic N) is 1. The number of aliphatic hydroxyl groups is 2. The molecule has 29 heavy (non-hydrogen) atoms. The van der Waals surface area contributed by atoms with Crippen LogP contribution in [0.25, 0.3) is 21.9 Å². The predicted octanol–water partition coefficient (Wildman–Crippen LogP) is 4.14. The van der Waals surface area contributed by atoms with Crippen LogP contribution in [0.2, 0.25) is 5.02 Å². The van der Waals surface area contributed by atoms with E-state index in [1.54, 1.807) is 4.90 Å². The summed E-state index contributed by atoms with van der Waals surface area (Å²) in [7, 11) is 0. The molecule has 0 unspecified atom stereocenters. The first-order valence-electron chi connectivity index (χ1n) is 9.82. The summed E-state index contributed by atoms with van der Waals surface area (Å²) in [5.74, 6) is -0.183. The number of carbonyl (C=O) groups excluding carboxylic acids is 1. The summed E-state index contributed by atoms with van der Waals surface area (Å²) in [5.41, 5.74) is 3.86. The summed E-state index contributed by atoms with van der Waals surface area (Å²) in [6.07, 6.45) is 0.